The fourth-order valence-electron chi connectivity index (χ4n) is 2.09. The molecule has 0 spiro atoms. The van der Waals surface area contributed by atoms with Gasteiger partial charge in [0.1, 0.15) is 0 Å². The Morgan fingerprint density at radius 2 is 1.86 bits per heavy atom. The largest absolute Gasteiger partial charge is 0.465 e. The minimum atomic E-state index is -0.399. The molecule has 0 heterocycles. The van der Waals surface area contributed by atoms with Gasteiger partial charge in [-0.3, -0.25) is 0 Å². The molecular weight excluding hydrogens is 302 g/mol. The lowest BCUT2D eigenvalue weighted by atomic mass is 9.98. The first-order valence-corrected chi connectivity index (χ1v) is 6.98. The molecule has 0 bridgehead atoms. The number of benzene rings is 2. The van der Waals surface area contributed by atoms with Crippen LogP contribution in [-0.4, -0.2) is 13.1 Å². The Balaban J connectivity index is 2.22. The van der Waals surface area contributed by atoms with Gasteiger partial charge in [-0.2, -0.15) is 0 Å². The fraction of sp³-hybridized carbons (Fsp3) is 0.188. The molecule has 0 saturated carbocycles. The van der Waals surface area contributed by atoms with Gasteiger partial charge in [-0.15, -0.1) is 0 Å². The summed E-state index contributed by atoms with van der Waals surface area (Å²) in [6.45, 7) is 0. The number of esters is 1. The van der Waals surface area contributed by atoms with E-state index in [1.54, 1.807) is 36.4 Å². The molecule has 2 aromatic carbocycles. The number of hydrogen-bond acceptors (Lipinski definition) is 3. The van der Waals surface area contributed by atoms with Crippen molar-refractivity contribution >= 4 is 17.6 Å². The summed E-state index contributed by atoms with van der Waals surface area (Å²) in [6, 6.07) is 13.9. The Labute approximate surface area is 133 Å². The van der Waals surface area contributed by atoms with Crippen LogP contribution in [-0.2, 0) is 11.2 Å². The summed E-state index contributed by atoms with van der Waals surface area (Å²) < 4.78 is 4.66. The van der Waals surface area contributed by atoms with E-state index in [-0.39, 0.29) is 6.04 Å². The van der Waals surface area contributed by atoms with Crippen molar-refractivity contribution in [3.8, 4) is 0 Å². The monoisotopic (exact) mass is 315 g/mol. The number of ether oxygens (including phenoxy) is 1. The van der Waals surface area contributed by atoms with E-state index >= 15 is 0 Å². The highest BCUT2D eigenvalue weighted by atomic mass is 35.5. The normalized spacial score (nSPS) is 11.4. The zero-order chi connectivity index (χ0) is 15.9. The van der Waals surface area contributed by atoms with Crippen LogP contribution in [0.1, 0.15) is 27.5 Å². The second-order valence-corrected chi connectivity index (χ2v) is 5.10. The van der Waals surface area contributed by atoms with Crippen LogP contribution in [0.25, 0.3) is 10.4 Å². The quantitative estimate of drug-likeness (QED) is 0.346. The van der Waals surface area contributed by atoms with Crippen LogP contribution >= 0.6 is 11.6 Å². The van der Waals surface area contributed by atoms with Crippen molar-refractivity contribution in [1.82, 2.24) is 0 Å². The smallest absolute Gasteiger partial charge is 0.337 e. The minimum absolute atomic E-state index is 0.349. The van der Waals surface area contributed by atoms with Gasteiger partial charge in [0.2, 0.25) is 0 Å². The summed E-state index contributed by atoms with van der Waals surface area (Å²) in [4.78, 5) is 14.3. The van der Waals surface area contributed by atoms with Crippen molar-refractivity contribution in [2.75, 3.05) is 7.11 Å². The first kappa shape index (κ1) is 15.9. The number of hydrogen-bond donors (Lipinski definition) is 0. The SMILES string of the molecule is COC(=O)c1ccc(C(Cc2ccc(Cl)cc2)N=[N+]=[N-])cc1. The zero-order valence-electron chi connectivity index (χ0n) is 11.9. The molecule has 0 radical (unpaired) electrons. The average Bonchev–Trinajstić information content (AvgIpc) is 2.56. The predicted octanol–water partition coefficient (Wildman–Crippen LogP) is 4.72. The van der Waals surface area contributed by atoms with Crippen molar-refractivity contribution in [3.05, 3.63) is 80.7 Å². The Hall–Kier alpha value is -2.49. The van der Waals surface area contributed by atoms with Gasteiger partial charge in [-0.05, 0) is 47.3 Å². The van der Waals surface area contributed by atoms with Gasteiger partial charge in [-0.25, -0.2) is 4.79 Å². The van der Waals surface area contributed by atoms with Crippen LogP contribution in [0, 0.1) is 0 Å². The predicted molar refractivity (Wildman–Crippen MR) is 84.8 cm³/mol. The standard InChI is InChI=1S/C16H14ClN3O2/c1-22-16(21)13-6-4-12(5-7-13)15(19-20-18)10-11-2-8-14(17)9-3-11/h2-9,15H,10H2,1H3. The molecular formula is C16H14ClN3O2. The third-order valence-electron chi connectivity index (χ3n) is 3.25. The maximum absolute atomic E-state index is 11.4. The third kappa shape index (κ3) is 4.01. The zero-order valence-corrected chi connectivity index (χ0v) is 12.7. The van der Waals surface area contributed by atoms with Gasteiger partial charge in [-0.1, -0.05) is 41.0 Å². The van der Waals surface area contributed by atoms with Crippen LogP contribution in [0.2, 0.25) is 5.02 Å². The number of azide groups is 1. The first-order valence-electron chi connectivity index (χ1n) is 6.61. The van der Waals surface area contributed by atoms with E-state index < -0.39 is 5.97 Å². The summed E-state index contributed by atoms with van der Waals surface area (Å²) in [5.41, 5.74) is 11.1. The van der Waals surface area contributed by atoms with Gasteiger partial charge < -0.3 is 4.74 Å². The Kier molecular flexibility index (Phi) is 5.42. The number of nitrogens with zero attached hydrogens (tertiary/aromatic N) is 3. The average molecular weight is 316 g/mol. The molecule has 2 aromatic rings. The van der Waals surface area contributed by atoms with E-state index in [2.05, 4.69) is 14.8 Å². The molecule has 0 N–H and O–H groups in total. The second kappa shape index (κ2) is 7.50. The van der Waals surface area contributed by atoms with Crippen LogP contribution in [0.5, 0.6) is 0 Å². The van der Waals surface area contributed by atoms with Gasteiger partial charge in [0.15, 0.2) is 0 Å². The molecule has 0 aromatic heterocycles. The molecule has 1 atom stereocenters. The maximum Gasteiger partial charge on any atom is 0.337 e. The first-order chi connectivity index (χ1) is 10.6. The number of halogens is 1. The molecule has 0 aliphatic heterocycles. The van der Waals surface area contributed by atoms with Gasteiger partial charge >= 0.3 is 5.97 Å². The van der Waals surface area contributed by atoms with E-state index in [0.29, 0.717) is 17.0 Å². The highest BCUT2D eigenvalue weighted by molar-refractivity contribution is 6.30. The van der Waals surface area contributed by atoms with Crippen molar-refractivity contribution in [3.63, 3.8) is 0 Å². The number of carbonyl (C=O) groups is 1. The Morgan fingerprint density at radius 1 is 1.23 bits per heavy atom. The van der Waals surface area contributed by atoms with E-state index in [0.717, 1.165) is 11.1 Å². The van der Waals surface area contributed by atoms with Crippen molar-refractivity contribution in [2.24, 2.45) is 5.11 Å². The number of carbonyl (C=O) groups excluding carboxylic acids is 1. The van der Waals surface area contributed by atoms with Crippen LogP contribution in [0.4, 0.5) is 0 Å². The molecule has 0 fully saturated rings. The number of methoxy groups -OCH3 is 1. The van der Waals surface area contributed by atoms with E-state index in [9.17, 15) is 4.79 Å². The molecule has 112 valence electrons. The highest BCUT2D eigenvalue weighted by Crippen LogP contribution is 2.24. The fourth-order valence-corrected chi connectivity index (χ4v) is 2.22. The molecule has 5 nitrogen and oxygen atoms in total. The van der Waals surface area contributed by atoms with Crippen molar-refractivity contribution in [1.29, 1.82) is 0 Å². The van der Waals surface area contributed by atoms with Crippen molar-refractivity contribution in [2.45, 2.75) is 12.5 Å². The molecule has 0 aliphatic carbocycles. The summed E-state index contributed by atoms with van der Waals surface area (Å²) in [5, 5.41) is 4.50. The summed E-state index contributed by atoms with van der Waals surface area (Å²) in [5.74, 6) is -0.399. The number of rotatable bonds is 5. The van der Waals surface area contributed by atoms with E-state index in [4.69, 9.17) is 17.1 Å². The van der Waals surface area contributed by atoms with Crippen LogP contribution < -0.4 is 0 Å². The van der Waals surface area contributed by atoms with Crippen LogP contribution in [0.3, 0.4) is 0 Å². The summed E-state index contributed by atoms with van der Waals surface area (Å²) in [6.07, 6.45) is 0.554. The van der Waals surface area contributed by atoms with Gasteiger partial charge in [0.05, 0.1) is 18.7 Å². The van der Waals surface area contributed by atoms with Gasteiger partial charge in [0.25, 0.3) is 0 Å². The summed E-state index contributed by atoms with van der Waals surface area (Å²) in [7, 11) is 1.33. The lowest BCUT2D eigenvalue weighted by molar-refractivity contribution is 0.0600. The van der Waals surface area contributed by atoms with Crippen molar-refractivity contribution < 1.29 is 9.53 Å². The molecule has 0 aliphatic rings. The molecule has 0 amide bonds. The maximum atomic E-state index is 11.4. The molecule has 22 heavy (non-hydrogen) atoms. The van der Waals surface area contributed by atoms with E-state index in [1.807, 2.05) is 12.1 Å². The Morgan fingerprint density at radius 3 is 2.41 bits per heavy atom. The highest BCUT2D eigenvalue weighted by Gasteiger charge is 2.12. The second-order valence-electron chi connectivity index (χ2n) is 4.66. The lowest BCUT2D eigenvalue weighted by Gasteiger charge is -2.12. The topological polar surface area (TPSA) is 75.1 Å². The minimum Gasteiger partial charge on any atom is -0.465 e. The lowest BCUT2D eigenvalue weighted by Crippen LogP contribution is -2.03. The molecule has 1 unspecified atom stereocenters. The third-order valence-corrected chi connectivity index (χ3v) is 3.50. The molecule has 2 rings (SSSR count). The Bertz CT molecular complexity index is 692. The van der Waals surface area contributed by atoms with Gasteiger partial charge in [0, 0.05) is 9.93 Å². The summed E-state index contributed by atoms with van der Waals surface area (Å²) >= 11 is 5.86. The molecule has 6 heteroatoms. The van der Waals surface area contributed by atoms with E-state index in [1.165, 1.54) is 7.11 Å². The van der Waals surface area contributed by atoms with Crippen LogP contribution in [0.15, 0.2) is 53.6 Å². The molecule has 0 saturated heterocycles.